The van der Waals surface area contributed by atoms with Crippen molar-refractivity contribution in [3.8, 4) is 0 Å². The summed E-state index contributed by atoms with van der Waals surface area (Å²) >= 11 is 3.42. The van der Waals surface area contributed by atoms with Crippen LogP contribution >= 0.6 is 15.9 Å². The number of nitrogens with one attached hydrogen (secondary N) is 1. The maximum absolute atomic E-state index is 12.4. The summed E-state index contributed by atoms with van der Waals surface area (Å²) in [4.78, 5) is 1.61. The third-order valence-electron chi connectivity index (χ3n) is 3.02. The SMILES string of the molecule is CN(CC(F)F)c1ccc(Br)cc1CNC1CC1. The lowest BCUT2D eigenvalue weighted by molar-refractivity contribution is 0.156. The van der Waals surface area contributed by atoms with E-state index in [9.17, 15) is 8.78 Å². The first-order valence-electron chi connectivity index (χ1n) is 6.07. The fourth-order valence-electron chi connectivity index (χ4n) is 1.92. The molecule has 0 bridgehead atoms. The van der Waals surface area contributed by atoms with Crippen LogP contribution < -0.4 is 10.2 Å². The zero-order valence-corrected chi connectivity index (χ0v) is 11.9. The van der Waals surface area contributed by atoms with E-state index < -0.39 is 6.43 Å². The van der Waals surface area contributed by atoms with Gasteiger partial charge in [-0.1, -0.05) is 15.9 Å². The van der Waals surface area contributed by atoms with Crippen molar-refractivity contribution < 1.29 is 8.78 Å². The van der Waals surface area contributed by atoms with Gasteiger partial charge in [-0.2, -0.15) is 0 Å². The van der Waals surface area contributed by atoms with Gasteiger partial charge in [0.2, 0.25) is 0 Å². The molecular weight excluding hydrogens is 302 g/mol. The Morgan fingerprint density at radius 3 is 2.78 bits per heavy atom. The van der Waals surface area contributed by atoms with Crippen LogP contribution in [0.5, 0.6) is 0 Å². The van der Waals surface area contributed by atoms with Crippen LogP contribution in [0.2, 0.25) is 0 Å². The quantitative estimate of drug-likeness (QED) is 0.864. The van der Waals surface area contributed by atoms with Crippen LogP contribution in [-0.4, -0.2) is 26.1 Å². The second kappa shape index (κ2) is 5.97. The van der Waals surface area contributed by atoms with E-state index in [0.717, 1.165) is 22.3 Å². The number of benzene rings is 1. The fraction of sp³-hybridized carbons (Fsp3) is 0.538. The molecule has 1 aromatic carbocycles. The maximum atomic E-state index is 12.4. The van der Waals surface area contributed by atoms with Crippen molar-refractivity contribution in [1.29, 1.82) is 0 Å². The van der Waals surface area contributed by atoms with Gasteiger partial charge in [0.05, 0.1) is 6.54 Å². The number of rotatable bonds is 6. The van der Waals surface area contributed by atoms with E-state index >= 15 is 0 Å². The van der Waals surface area contributed by atoms with E-state index in [1.54, 1.807) is 11.9 Å². The summed E-state index contributed by atoms with van der Waals surface area (Å²) in [5.74, 6) is 0. The Hall–Kier alpha value is -0.680. The van der Waals surface area contributed by atoms with Crippen LogP contribution in [0.3, 0.4) is 0 Å². The topological polar surface area (TPSA) is 15.3 Å². The molecule has 1 aromatic rings. The zero-order valence-electron chi connectivity index (χ0n) is 10.3. The lowest BCUT2D eigenvalue weighted by atomic mass is 10.1. The summed E-state index contributed by atoms with van der Waals surface area (Å²) in [6, 6.07) is 6.37. The van der Waals surface area contributed by atoms with Crippen LogP contribution in [0.4, 0.5) is 14.5 Å². The predicted molar refractivity (Wildman–Crippen MR) is 73.3 cm³/mol. The van der Waals surface area contributed by atoms with Crippen molar-refractivity contribution in [3.05, 3.63) is 28.2 Å². The molecule has 18 heavy (non-hydrogen) atoms. The van der Waals surface area contributed by atoms with E-state index in [-0.39, 0.29) is 6.54 Å². The summed E-state index contributed by atoms with van der Waals surface area (Å²) in [5, 5.41) is 3.41. The van der Waals surface area contributed by atoms with Crippen LogP contribution in [0.15, 0.2) is 22.7 Å². The van der Waals surface area contributed by atoms with Crippen LogP contribution in [0.1, 0.15) is 18.4 Å². The van der Waals surface area contributed by atoms with Gasteiger partial charge < -0.3 is 10.2 Å². The van der Waals surface area contributed by atoms with E-state index in [1.165, 1.54) is 12.8 Å². The van der Waals surface area contributed by atoms with Gasteiger partial charge in [-0.15, -0.1) is 0 Å². The highest BCUT2D eigenvalue weighted by Gasteiger charge is 2.21. The Labute approximate surface area is 114 Å². The van der Waals surface area contributed by atoms with Crippen molar-refractivity contribution in [1.82, 2.24) is 5.32 Å². The molecule has 2 nitrogen and oxygen atoms in total. The van der Waals surface area contributed by atoms with Crippen LogP contribution in [0.25, 0.3) is 0 Å². The summed E-state index contributed by atoms with van der Waals surface area (Å²) < 4.78 is 25.9. The van der Waals surface area contributed by atoms with E-state index in [0.29, 0.717) is 6.04 Å². The van der Waals surface area contributed by atoms with Crippen molar-refractivity contribution in [2.45, 2.75) is 31.9 Å². The highest BCUT2D eigenvalue weighted by Crippen LogP contribution is 2.26. The first kappa shape index (κ1) is 13.7. The normalized spacial score (nSPS) is 15.2. The number of anilines is 1. The summed E-state index contributed by atoms with van der Waals surface area (Å²) in [6.45, 7) is 0.491. The minimum atomic E-state index is -2.32. The summed E-state index contributed by atoms with van der Waals surface area (Å²) in [6.07, 6.45) is 0.120. The number of hydrogen-bond acceptors (Lipinski definition) is 2. The molecule has 5 heteroatoms. The van der Waals surface area contributed by atoms with E-state index in [2.05, 4.69) is 21.2 Å². The molecule has 1 aliphatic carbocycles. The van der Waals surface area contributed by atoms with Gasteiger partial charge in [-0.25, -0.2) is 8.78 Å². The predicted octanol–water partition coefficient (Wildman–Crippen LogP) is 3.40. The standard InChI is InChI=1S/C13H17BrF2N2/c1-18(8-13(15)16)12-5-2-10(14)6-9(12)7-17-11-3-4-11/h2,5-6,11,13,17H,3-4,7-8H2,1H3. The summed E-state index contributed by atoms with van der Waals surface area (Å²) in [7, 11) is 1.70. The number of halogens is 3. The zero-order chi connectivity index (χ0) is 13.1. The van der Waals surface area contributed by atoms with Gasteiger partial charge in [0.15, 0.2) is 0 Å². The molecule has 100 valence electrons. The Balaban J connectivity index is 2.10. The van der Waals surface area contributed by atoms with Gasteiger partial charge in [0, 0.05) is 29.8 Å². The van der Waals surface area contributed by atoms with Crippen molar-refractivity contribution >= 4 is 21.6 Å². The third kappa shape index (κ3) is 3.92. The van der Waals surface area contributed by atoms with Gasteiger partial charge >= 0.3 is 0 Å². The molecule has 0 spiro atoms. The first-order valence-corrected chi connectivity index (χ1v) is 6.86. The van der Waals surface area contributed by atoms with Gasteiger partial charge in [-0.05, 0) is 36.6 Å². The van der Waals surface area contributed by atoms with E-state index in [1.807, 2.05) is 18.2 Å². The number of hydrogen-bond donors (Lipinski definition) is 1. The Bertz CT molecular complexity index is 408. The Kier molecular flexibility index (Phi) is 4.56. The number of alkyl halides is 2. The average molecular weight is 319 g/mol. The third-order valence-corrected chi connectivity index (χ3v) is 3.52. The Morgan fingerprint density at radius 1 is 1.44 bits per heavy atom. The molecule has 0 atom stereocenters. The monoisotopic (exact) mass is 318 g/mol. The molecule has 1 N–H and O–H groups in total. The van der Waals surface area contributed by atoms with Crippen LogP contribution in [0, 0.1) is 0 Å². The molecule has 1 aliphatic rings. The fourth-order valence-corrected chi connectivity index (χ4v) is 2.32. The van der Waals surface area contributed by atoms with Gasteiger partial charge in [0.25, 0.3) is 6.43 Å². The molecule has 1 fully saturated rings. The highest BCUT2D eigenvalue weighted by molar-refractivity contribution is 9.10. The molecule has 0 aromatic heterocycles. The highest BCUT2D eigenvalue weighted by atomic mass is 79.9. The summed E-state index contributed by atoms with van der Waals surface area (Å²) in [5.41, 5.74) is 1.92. The molecule has 0 amide bonds. The minimum absolute atomic E-state index is 0.238. The first-order chi connectivity index (χ1) is 8.56. The smallest absolute Gasteiger partial charge is 0.255 e. The minimum Gasteiger partial charge on any atom is -0.369 e. The largest absolute Gasteiger partial charge is 0.369 e. The molecule has 0 aliphatic heterocycles. The second-order valence-corrected chi connectivity index (χ2v) is 5.62. The molecular formula is C13H17BrF2N2. The van der Waals surface area contributed by atoms with Crippen LogP contribution in [-0.2, 0) is 6.54 Å². The van der Waals surface area contributed by atoms with Crippen molar-refractivity contribution in [3.63, 3.8) is 0 Å². The molecule has 0 heterocycles. The lowest BCUT2D eigenvalue weighted by Gasteiger charge is -2.22. The molecule has 0 unspecified atom stereocenters. The molecule has 0 saturated heterocycles. The molecule has 0 radical (unpaired) electrons. The lowest BCUT2D eigenvalue weighted by Crippen LogP contribution is -2.26. The average Bonchev–Trinajstić information content (AvgIpc) is 3.09. The second-order valence-electron chi connectivity index (χ2n) is 4.70. The number of nitrogens with zero attached hydrogens (tertiary/aromatic N) is 1. The molecule has 2 rings (SSSR count). The van der Waals surface area contributed by atoms with Gasteiger partial charge in [0.1, 0.15) is 0 Å². The van der Waals surface area contributed by atoms with Gasteiger partial charge in [-0.3, -0.25) is 0 Å². The van der Waals surface area contributed by atoms with Crippen molar-refractivity contribution in [2.24, 2.45) is 0 Å². The van der Waals surface area contributed by atoms with Crippen molar-refractivity contribution in [2.75, 3.05) is 18.5 Å². The maximum Gasteiger partial charge on any atom is 0.255 e. The Morgan fingerprint density at radius 2 is 2.17 bits per heavy atom. The molecule has 1 saturated carbocycles. The van der Waals surface area contributed by atoms with E-state index in [4.69, 9.17) is 0 Å².